The molecule has 0 fully saturated rings. The molecule has 2 heterocycles. The van der Waals surface area contributed by atoms with E-state index in [2.05, 4.69) is 15.3 Å². The predicted molar refractivity (Wildman–Crippen MR) is 99.6 cm³/mol. The van der Waals surface area contributed by atoms with Gasteiger partial charge in [0.25, 0.3) is 5.91 Å². The second-order valence-corrected chi connectivity index (χ2v) is 6.70. The highest BCUT2D eigenvalue weighted by Gasteiger charge is 2.15. The average Bonchev–Trinajstić information content (AvgIpc) is 3.06. The van der Waals surface area contributed by atoms with Crippen LogP contribution in [0.1, 0.15) is 10.5 Å². The van der Waals surface area contributed by atoms with E-state index in [0.29, 0.717) is 21.5 Å². The second-order valence-electron chi connectivity index (χ2n) is 5.15. The number of nitrogens with one attached hydrogen (secondary N) is 1. The quantitative estimate of drug-likeness (QED) is 0.637. The molecule has 4 N–H and O–H groups in total. The molecule has 0 saturated heterocycles. The third-order valence-electron chi connectivity index (χ3n) is 3.34. The van der Waals surface area contributed by atoms with E-state index in [1.807, 2.05) is 18.2 Å². The monoisotopic (exact) mass is 374 g/mol. The van der Waals surface area contributed by atoms with Gasteiger partial charge in [0.2, 0.25) is 0 Å². The number of halogens is 1. The van der Waals surface area contributed by atoms with Gasteiger partial charge in [0.15, 0.2) is 5.82 Å². The van der Waals surface area contributed by atoms with Crippen molar-refractivity contribution < 1.29 is 9.90 Å². The zero-order valence-electron chi connectivity index (χ0n) is 13.1. The summed E-state index contributed by atoms with van der Waals surface area (Å²) >= 11 is 7.28. The van der Waals surface area contributed by atoms with Crippen LogP contribution in [-0.2, 0) is 0 Å². The first-order valence-electron chi connectivity index (χ1n) is 7.46. The molecule has 0 aliphatic rings. The topological polar surface area (TPSA) is 101 Å². The number of amides is 1. The van der Waals surface area contributed by atoms with Gasteiger partial charge in [-0.25, -0.2) is 9.97 Å². The van der Waals surface area contributed by atoms with Crippen molar-refractivity contribution >= 4 is 33.8 Å². The summed E-state index contributed by atoms with van der Waals surface area (Å²) in [7, 11) is 0. The number of aliphatic hydroxyl groups is 1. The Labute approximate surface area is 153 Å². The molecule has 0 unspecified atom stereocenters. The van der Waals surface area contributed by atoms with Crippen molar-refractivity contribution in [2.24, 2.45) is 0 Å². The Morgan fingerprint density at radius 3 is 2.60 bits per heavy atom. The molecule has 0 saturated carbocycles. The van der Waals surface area contributed by atoms with Crippen LogP contribution in [0.15, 0.2) is 42.5 Å². The molecule has 3 rings (SSSR count). The number of hydrogen-bond donors (Lipinski definition) is 3. The Morgan fingerprint density at radius 1 is 1.20 bits per heavy atom. The number of carbonyl (C=O) groups excluding carboxylic acids is 1. The van der Waals surface area contributed by atoms with E-state index < -0.39 is 0 Å². The minimum Gasteiger partial charge on any atom is -0.395 e. The summed E-state index contributed by atoms with van der Waals surface area (Å²) in [5.74, 6) is 0.0424. The lowest BCUT2D eigenvalue weighted by molar-refractivity contribution is 0.0940. The van der Waals surface area contributed by atoms with E-state index in [1.54, 1.807) is 24.3 Å². The van der Waals surface area contributed by atoms with Crippen molar-refractivity contribution in [3.8, 4) is 22.0 Å². The van der Waals surface area contributed by atoms with E-state index in [4.69, 9.17) is 22.4 Å². The second kappa shape index (κ2) is 7.60. The van der Waals surface area contributed by atoms with Gasteiger partial charge in [-0.05, 0) is 30.3 Å². The fourth-order valence-electron chi connectivity index (χ4n) is 2.18. The maximum absolute atomic E-state index is 12.3. The highest BCUT2D eigenvalue weighted by atomic mass is 35.5. The number of aromatic nitrogens is 2. The number of aliphatic hydroxyl groups excluding tert-OH is 1. The van der Waals surface area contributed by atoms with Gasteiger partial charge in [-0.1, -0.05) is 23.7 Å². The molecule has 1 aromatic carbocycles. The zero-order chi connectivity index (χ0) is 17.8. The molecule has 0 spiro atoms. The van der Waals surface area contributed by atoms with Crippen molar-refractivity contribution in [3.63, 3.8) is 0 Å². The fourth-order valence-corrected chi connectivity index (χ4v) is 3.01. The van der Waals surface area contributed by atoms with Crippen LogP contribution >= 0.6 is 22.9 Å². The number of thiophene rings is 1. The number of benzene rings is 1. The number of hydrogen-bond acceptors (Lipinski definition) is 6. The van der Waals surface area contributed by atoms with Crippen LogP contribution in [0.4, 0.5) is 5.00 Å². The first kappa shape index (κ1) is 17.3. The smallest absolute Gasteiger partial charge is 0.270 e. The van der Waals surface area contributed by atoms with E-state index in [1.165, 1.54) is 11.3 Å². The molecule has 3 aromatic rings. The van der Waals surface area contributed by atoms with Gasteiger partial charge in [-0.15, -0.1) is 11.3 Å². The van der Waals surface area contributed by atoms with Gasteiger partial charge in [0.1, 0.15) is 5.69 Å². The Hall–Kier alpha value is -2.48. The molecule has 0 bridgehead atoms. The van der Waals surface area contributed by atoms with Crippen LogP contribution in [-0.4, -0.2) is 34.1 Å². The lowest BCUT2D eigenvalue weighted by Gasteiger charge is -2.08. The third kappa shape index (κ3) is 4.14. The molecule has 8 heteroatoms. The summed E-state index contributed by atoms with van der Waals surface area (Å²) < 4.78 is 0. The number of rotatable bonds is 5. The van der Waals surface area contributed by atoms with Gasteiger partial charge < -0.3 is 16.2 Å². The number of anilines is 1. The van der Waals surface area contributed by atoms with Crippen molar-refractivity contribution in [1.82, 2.24) is 15.3 Å². The summed E-state index contributed by atoms with van der Waals surface area (Å²) in [5.41, 5.74) is 7.42. The van der Waals surface area contributed by atoms with Crippen molar-refractivity contribution in [1.29, 1.82) is 0 Å². The maximum Gasteiger partial charge on any atom is 0.270 e. The van der Waals surface area contributed by atoms with Gasteiger partial charge in [0, 0.05) is 17.1 Å². The highest BCUT2D eigenvalue weighted by molar-refractivity contribution is 7.19. The van der Waals surface area contributed by atoms with Crippen molar-refractivity contribution in [3.05, 3.63) is 53.2 Å². The minimum absolute atomic E-state index is 0.144. The van der Waals surface area contributed by atoms with E-state index in [9.17, 15) is 4.79 Å². The first-order chi connectivity index (χ1) is 12.1. The lowest BCUT2D eigenvalue weighted by Crippen LogP contribution is -2.27. The summed E-state index contributed by atoms with van der Waals surface area (Å²) in [4.78, 5) is 21.9. The van der Waals surface area contributed by atoms with Crippen LogP contribution in [0.25, 0.3) is 22.0 Å². The molecule has 2 aromatic heterocycles. The number of nitrogen functional groups attached to an aromatic ring is 1. The number of nitrogens with two attached hydrogens (primary N) is 1. The number of carbonyl (C=O) groups is 1. The molecule has 0 aliphatic heterocycles. The number of nitrogens with zero attached hydrogens (tertiary/aromatic N) is 2. The van der Waals surface area contributed by atoms with Gasteiger partial charge in [-0.3, -0.25) is 4.79 Å². The average molecular weight is 375 g/mol. The molecule has 25 heavy (non-hydrogen) atoms. The van der Waals surface area contributed by atoms with Crippen LogP contribution in [0.5, 0.6) is 0 Å². The molecule has 0 atom stereocenters. The summed E-state index contributed by atoms with van der Waals surface area (Å²) in [6.45, 7) is 0.00950. The lowest BCUT2D eigenvalue weighted by atomic mass is 10.1. The SMILES string of the molecule is Nc1ccc(-c2nc(C(=O)NCCO)cc(-c3ccc(Cl)cc3)n2)s1. The van der Waals surface area contributed by atoms with Gasteiger partial charge in [-0.2, -0.15) is 0 Å². The van der Waals surface area contributed by atoms with Crippen LogP contribution < -0.4 is 11.1 Å². The molecule has 128 valence electrons. The summed E-state index contributed by atoms with van der Waals surface area (Å²) in [6, 6.07) is 12.4. The van der Waals surface area contributed by atoms with Gasteiger partial charge in [0.05, 0.1) is 22.2 Å². The molecule has 0 aliphatic carbocycles. The maximum atomic E-state index is 12.3. The summed E-state index contributed by atoms with van der Waals surface area (Å²) in [5, 5.41) is 12.7. The van der Waals surface area contributed by atoms with Crippen molar-refractivity contribution in [2.75, 3.05) is 18.9 Å². The zero-order valence-corrected chi connectivity index (χ0v) is 14.6. The Morgan fingerprint density at radius 2 is 1.96 bits per heavy atom. The summed E-state index contributed by atoms with van der Waals surface area (Å²) in [6.07, 6.45) is 0. The molecule has 0 radical (unpaired) electrons. The van der Waals surface area contributed by atoms with Crippen LogP contribution in [0.3, 0.4) is 0 Å². The molecule has 1 amide bonds. The largest absolute Gasteiger partial charge is 0.395 e. The molecular weight excluding hydrogens is 360 g/mol. The Kier molecular flexibility index (Phi) is 5.28. The predicted octanol–water partition coefficient (Wildman–Crippen LogP) is 2.83. The van der Waals surface area contributed by atoms with E-state index in [-0.39, 0.29) is 24.8 Å². The van der Waals surface area contributed by atoms with Gasteiger partial charge >= 0.3 is 0 Å². The van der Waals surface area contributed by atoms with Crippen molar-refractivity contribution in [2.45, 2.75) is 0 Å². The molecule has 6 nitrogen and oxygen atoms in total. The van der Waals surface area contributed by atoms with Crippen LogP contribution in [0, 0.1) is 0 Å². The first-order valence-corrected chi connectivity index (χ1v) is 8.66. The van der Waals surface area contributed by atoms with E-state index in [0.717, 1.165) is 10.4 Å². The normalized spacial score (nSPS) is 10.6. The van der Waals surface area contributed by atoms with Crippen LogP contribution in [0.2, 0.25) is 5.02 Å². The fraction of sp³-hybridized carbons (Fsp3) is 0.118. The van der Waals surface area contributed by atoms with E-state index >= 15 is 0 Å². The minimum atomic E-state index is -0.377. The third-order valence-corrected chi connectivity index (χ3v) is 4.51. The standard InChI is InChI=1S/C17H15ClN4O2S/c18-11-3-1-10(2-4-11)12-9-13(17(24)20-7-8-23)22-16(21-12)14-5-6-15(19)25-14/h1-6,9,23H,7-8,19H2,(H,20,24). The Bertz CT molecular complexity index is 896. The highest BCUT2D eigenvalue weighted by Crippen LogP contribution is 2.29. The Balaban J connectivity index is 2.07. The molecular formula is C17H15ClN4O2S.